The lowest BCUT2D eigenvalue weighted by atomic mass is 10.2. The summed E-state index contributed by atoms with van der Waals surface area (Å²) in [5, 5.41) is 5.14. The third-order valence-corrected chi connectivity index (χ3v) is 1.25. The van der Waals surface area contributed by atoms with E-state index >= 15 is 0 Å². The van der Waals surface area contributed by atoms with Gasteiger partial charge >= 0.3 is 0 Å². The fraction of sp³-hybridized carbons (Fsp3) is 0. The number of halogens is 2. The summed E-state index contributed by atoms with van der Waals surface area (Å²) in [5.41, 5.74) is 5.43. The van der Waals surface area contributed by atoms with Gasteiger partial charge in [0.25, 0.3) is 5.84 Å². The topological polar surface area (TPSA) is 51.6 Å². The molecule has 0 aliphatic carbocycles. The summed E-state index contributed by atoms with van der Waals surface area (Å²) in [7, 11) is 0. The quantitative estimate of drug-likeness (QED) is 0.416. The molecule has 0 aromatic heterocycles. The van der Waals surface area contributed by atoms with Crippen LogP contribution in [0, 0.1) is 11.6 Å². The van der Waals surface area contributed by atoms with Crippen LogP contribution in [0.3, 0.4) is 0 Å². The standard InChI is InChI=1S/C7H6F2N2/c8-5-2-1-4(7(10)11)3-6(5)9/h1-3H,(H3,10,11)/p+1. The van der Waals surface area contributed by atoms with Gasteiger partial charge in [-0.3, -0.25) is 11.1 Å². The molecule has 0 fully saturated rings. The van der Waals surface area contributed by atoms with Crippen molar-refractivity contribution in [3.05, 3.63) is 35.4 Å². The summed E-state index contributed by atoms with van der Waals surface area (Å²) in [6.45, 7) is 0. The summed E-state index contributed by atoms with van der Waals surface area (Å²) >= 11 is 0. The van der Waals surface area contributed by atoms with E-state index in [1.165, 1.54) is 6.07 Å². The van der Waals surface area contributed by atoms with Gasteiger partial charge in [0.15, 0.2) is 11.6 Å². The van der Waals surface area contributed by atoms with E-state index in [9.17, 15) is 8.78 Å². The SMILES string of the molecule is NC(=[NH2+])c1ccc(F)c(F)c1. The van der Waals surface area contributed by atoms with Gasteiger partial charge in [0.05, 0.1) is 5.56 Å². The van der Waals surface area contributed by atoms with Crippen LogP contribution in [0.1, 0.15) is 5.56 Å². The molecule has 0 saturated carbocycles. The summed E-state index contributed by atoms with van der Waals surface area (Å²) in [6, 6.07) is 3.24. The van der Waals surface area contributed by atoms with E-state index < -0.39 is 11.6 Å². The molecule has 0 heterocycles. The highest BCUT2D eigenvalue weighted by Gasteiger charge is 2.06. The maximum Gasteiger partial charge on any atom is 0.270 e. The molecule has 0 unspecified atom stereocenters. The maximum atomic E-state index is 12.4. The molecule has 58 valence electrons. The number of hydrogen-bond acceptors (Lipinski definition) is 0. The van der Waals surface area contributed by atoms with E-state index in [4.69, 9.17) is 11.1 Å². The van der Waals surface area contributed by atoms with Crippen LogP contribution in [0.25, 0.3) is 0 Å². The van der Waals surface area contributed by atoms with E-state index in [-0.39, 0.29) is 5.84 Å². The lowest BCUT2D eigenvalue weighted by Gasteiger charge is -1.93. The van der Waals surface area contributed by atoms with Crippen molar-refractivity contribution in [2.24, 2.45) is 5.73 Å². The zero-order chi connectivity index (χ0) is 8.43. The fourth-order valence-electron chi connectivity index (χ4n) is 0.676. The molecule has 1 rings (SSSR count). The molecule has 4 N–H and O–H groups in total. The van der Waals surface area contributed by atoms with Crippen LogP contribution in [0.4, 0.5) is 8.78 Å². The Hall–Kier alpha value is -1.45. The monoisotopic (exact) mass is 157 g/mol. The Kier molecular flexibility index (Phi) is 1.85. The van der Waals surface area contributed by atoms with Gasteiger partial charge in [0.2, 0.25) is 0 Å². The summed E-state index contributed by atoms with van der Waals surface area (Å²) in [4.78, 5) is 0. The highest BCUT2D eigenvalue weighted by molar-refractivity contribution is 5.92. The van der Waals surface area contributed by atoms with Crippen molar-refractivity contribution in [1.29, 1.82) is 0 Å². The summed E-state index contributed by atoms with van der Waals surface area (Å²) in [5.74, 6) is -1.88. The first kappa shape index (κ1) is 7.65. The van der Waals surface area contributed by atoms with E-state index in [1.54, 1.807) is 0 Å². The molecular formula is C7H7F2N2+. The predicted molar refractivity (Wildman–Crippen MR) is 36.6 cm³/mol. The minimum Gasteiger partial charge on any atom is -0.287 e. The van der Waals surface area contributed by atoms with Crippen LogP contribution >= 0.6 is 0 Å². The van der Waals surface area contributed by atoms with Gasteiger partial charge in [-0.15, -0.1) is 0 Å². The normalized spacial score (nSPS) is 9.64. The van der Waals surface area contributed by atoms with Gasteiger partial charge in [0.1, 0.15) is 0 Å². The molecule has 0 amide bonds. The van der Waals surface area contributed by atoms with Gasteiger partial charge in [-0.05, 0) is 18.2 Å². The number of rotatable bonds is 1. The average Bonchev–Trinajstić information content (AvgIpc) is 1.94. The Balaban J connectivity index is 3.15. The largest absolute Gasteiger partial charge is 0.287 e. The molecule has 0 radical (unpaired) electrons. The molecule has 0 bridgehead atoms. The first-order valence-electron chi connectivity index (χ1n) is 2.94. The molecular weight excluding hydrogens is 150 g/mol. The molecule has 0 aliphatic rings. The third kappa shape index (κ3) is 1.52. The average molecular weight is 157 g/mol. The van der Waals surface area contributed by atoms with Crippen LogP contribution in [0.15, 0.2) is 18.2 Å². The first-order valence-corrected chi connectivity index (χ1v) is 2.94. The lowest BCUT2D eigenvalue weighted by Crippen LogP contribution is -2.46. The second-order valence-corrected chi connectivity index (χ2v) is 2.08. The van der Waals surface area contributed by atoms with Crippen molar-refractivity contribution in [1.82, 2.24) is 0 Å². The Morgan fingerprint density at radius 3 is 2.36 bits per heavy atom. The Morgan fingerprint density at radius 2 is 1.91 bits per heavy atom. The highest BCUT2D eigenvalue weighted by atomic mass is 19.2. The maximum absolute atomic E-state index is 12.4. The molecule has 2 nitrogen and oxygen atoms in total. The van der Waals surface area contributed by atoms with E-state index in [1.807, 2.05) is 0 Å². The molecule has 11 heavy (non-hydrogen) atoms. The van der Waals surface area contributed by atoms with Crippen molar-refractivity contribution in [3.63, 3.8) is 0 Å². The molecule has 4 heteroatoms. The fourth-order valence-corrected chi connectivity index (χ4v) is 0.676. The molecule has 0 saturated heterocycles. The third-order valence-electron chi connectivity index (χ3n) is 1.25. The van der Waals surface area contributed by atoms with Gasteiger partial charge in [-0.1, -0.05) is 0 Å². The van der Waals surface area contributed by atoms with E-state index in [0.717, 1.165) is 12.1 Å². The van der Waals surface area contributed by atoms with Gasteiger partial charge < -0.3 is 0 Å². The predicted octanol–water partition coefficient (Wildman–Crippen LogP) is -0.571. The van der Waals surface area contributed by atoms with Crippen LogP contribution < -0.4 is 11.1 Å². The zero-order valence-electron chi connectivity index (χ0n) is 5.64. The van der Waals surface area contributed by atoms with Gasteiger partial charge in [-0.2, -0.15) is 0 Å². The van der Waals surface area contributed by atoms with Crippen LogP contribution in [-0.4, -0.2) is 5.84 Å². The number of nitrogens with two attached hydrogens (primary N) is 2. The highest BCUT2D eigenvalue weighted by Crippen LogP contribution is 2.06. The minimum absolute atomic E-state index is 0.0242. The van der Waals surface area contributed by atoms with Crippen molar-refractivity contribution < 1.29 is 14.2 Å². The van der Waals surface area contributed by atoms with E-state index in [0.29, 0.717) is 5.56 Å². The Morgan fingerprint density at radius 1 is 1.27 bits per heavy atom. The van der Waals surface area contributed by atoms with Gasteiger partial charge in [-0.25, -0.2) is 8.78 Å². The lowest BCUT2D eigenvalue weighted by molar-refractivity contribution is -0.114. The number of amidine groups is 1. The zero-order valence-corrected chi connectivity index (χ0v) is 5.64. The molecule has 0 atom stereocenters. The molecule has 0 aliphatic heterocycles. The molecule has 1 aromatic carbocycles. The Bertz CT molecular complexity index is 296. The van der Waals surface area contributed by atoms with Crippen LogP contribution in [-0.2, 0) is 0 Å². The van der Waals surface area contributed by atoms with Crippen molar-refractivity contribution in [2.75, 3.05) is 0 Å². The van der Waals surface area contributed by atoms with Crippen molar-refractivity contribution in [3.8, 4) is 0 Å². The Labute approximate surface area is 62.2 Å². The van der Waals surface area contributed by atoms with Crippen LogP contribution in [0.5, 0.6) is 0 Å². The number of hydrogen-bond donors (Lipinski definition) is 2. The molecule has 1 aromatic rings. The van der Waals surface area contributed by atoms with Crippen molar-refractivity contribution in [2.45, 2.75) is 0 Å². The second-order valence-electron chi connectivity index (χ2n) is 2.08. The van der Waals surface area contributed by atoms with Crippen molar-refractivity contribution >= 4 is 5.84 Å². The minimum atomic E-state index is -0.948. The van der Waals surface area contributed by atoms with Crippen LogP contribution in [0.2, 0.25) is 0 Å². The smallest absolute Gasteiger partial charge is 0.270 e. The summed E-state index contributed by atoms with van der Waals surface area (Å²) in [6.07, 6.45) is 0. The van der Waals surface area contributed by atoms with E-state index in [2.05, 4.69) is 0 Å². The molecule has 0 spiro atoms. The number of benzene rings is 1. The summed E-state index contributed by atoms with van der Waals surface area (Å²) < 4.78 is 24.7. The van der Waals surface area contributed by atoms with Gasteiger partial charge in [0, 0.05) is 0 Å². The first-order chi connectivity index (χ1) is 5.11. The second kappa shape index (κ2) is 2.65.